The molecule has 0 aliphatic rings. The molecule has 0 amide bonds. The van der Waals surface area contributed by atoms with Crippen molar-refractivity contribution >= 4 is 0 Å². The van der Waals surface area contributed by atoms with Crippen LogP contribution in [0.1, 0.15) is 25.1 Å². The SMILES string of the molecule is C[C@H](NCCC#N)c1ccccn1. The van der Waals surface area contributed by atoms with Gasteiger partial charge in [0, 0.05) is 25.2 Å². The van der Waals surface area contributed by atoms with E-state index < -0.39 is 0 Å². The summed E-state index contributed by atoms with van der Waals surface area (Å²) in [6.07, 6.45) is 2.31. The van der Waals surface area contributed by atoms with Gasteiger partial charge in [-0.2, -0.15) is 5.26 Å². The molecule has 1 rings (SSSR count). The van der Waals surface area contributed by atoms with Gasteiger partial charge in [-0.1, -0.05) is 6.07 Å². The molecular formula is C10H13N3. The number of hydrogen-bond donors (Lipinski definition) is 1. The summed E-state index contributed by atoms with van der Waals surface area (Å²) in [6, 6.07) is 8.14. The molecular weight excluding hydrogens is 162 g/mol. The van der Waals surface area contributed by atoms with E-state index in [1.807, 2.05) is 25.1 Å². The van der Waals surface area contributed by atoms with E-state index >= 15 is 0 Å². The van der Waals surface area contributed by atoms with Crippen molar-refractivity contribution in [2.45, 2.75) is 19.4 Å². The lowest BCUT2D eigenvalue weighted by Crippen LogP contribution is -2.20. The van der Waals surface area contributed by atoms with Crippen molar-refractivity contribution in [3.63, 3.8) is 0 Å². The monoisotopic (exact) mass is 175 g/mol. The third-order valence-corrected chi connectivity index (χ3v) is 1.82. The van der Waals surface area contributed by atoms with Crippen LogP contribution in [0.3, 0.4) is 0 Å². The van der Waals surface area contributed by atoms with E-state index in [1.54, 1.807) is 6.20 Å². The molecule has 0 aliphatic heterocycles. The van der Waals surface area contributed by atoms with Gasteiger partial charge in [0.25, 0.3) is 0 Å². The first-order chi connectivity index (χ1) is 6.34. The number of hydrogen-bond acceptors (Lipinski definition) is 3. The summed E-state index contributed by atoms with van der Waals surface area (Å²) in [5.41, 5.74) is 1.01. The molecule has 1 N–H and O–H groups in total. The van der Waals surface area contributed by atoms with Gasteiger partial charge in [0.1, 0.15) is 0 Å². The van der Waals surface area contributed by atoms with E-state index in [0.717, 1.165) is 5.69 Å². The van der Waals surface area contributed by atoms with Crippen LogP contribution in [0.15, 0.2) is 24.4 Å². The van der Waals surface area contributed by atoms with Crippen LogP contribution in [0.4, 0.5) is 0 Å². The molecule has 0 unspecified atom stereocenters. The Morgan fingerprint density at radius 1 is 1.62 bits per heavy atom. The van der Waals surface area contributed by atoms with Crippen molar-refractivity contribution < 1.29 is 0 Å². The molecule has 3 heteroatoms. The van der Waals surface area contributed by atoms with E-state index in [-0.39, 0.29) is 6.04 Å². The maximum absolute atomic E-state index is 8.34. The van der Waals surface area contributed by atoms with Gasteiger partial charge < -0.3 is 5.32 Å². The van der Waals surface area contributed by atoms with Crippen LogP contribution in [0.25, 0.3) is 0 Å². The van der Waals surface area contributed by atoms with Crippen molar-refractivity contribution in [2.75, 3.05) is 6.54 Å². The number of aromatic nitrogens is 1. The van der Waals surface area contributed by atoms with Crippen LogP contribution in [0.2, 0.25) is 0 Å². The molecule has 0 saturated heterocycles. The van der Waals surface area contributed by atoms with Crippen LogP contribution >= 0.6 is 0 Å². The zero-order valence-electron chi connectivity index (χ0n) is 7.70. The van der Waals surface area contributed by atoms with E-state index in [2.05, 4.69) is 16.4 Å². The smallest absolute Gasteiger partial charge is 0.0635 e. The molecule has 0 radical (unpaired) electrons. The van der Waals surface area contributed by atoms with Gasteiger partial charge in [0.05, 0.1) is 11.8 Å². The van der Waals surface area contributed by atoms with Gasteiger partial charge in [0.2, 0.25) is 0 Å². The average Bonchev–Trinajstić information content (AvgIpc) is 2.19. The number of nitrogens with one attached hydrogen (secondary N) is 1. The van der Waals surface area contributed by atoms with Crippen molar-refractivity contribution in [3.05, 3.63) is 30.1 Å². The maximum atomic E-state index is 8.34. The Kier molecular flexibility index (Phi) is 3.94. The first-order valence-electron chi connectivity index (χ1n) is 4.36. The normalized spacial score (nSPS) is 12.0. The number of nitriles is 1. The van der Waals surface area contributed by atoms with Gasteiger partial charge in [-0.3, -0.25) is 4.98 Å². The van der Waals surface area contributed by atoms with Gasteiger partial charge >= 0.3 is 0 Å². The predicted octanol–water partition coefficient (Wildman–Crippen LogP) is 1.65. The Bertz CT molecular complexity index is 276. The van der Waals surface area contributed by atoms with E-state index in [9.17, 15) is 0 Å². The minimum absolute atomic E-state index is 0.217. The summed E-state index contributed by atoms with van der Waals surface area (Å²) in [6.45, 7) is 2.76. The molecule has 1 aromatic heterocycles. The highest BCUT2D eigenvalue weighted by Gasteiger charge is 2.03. The first-order valence-corrected chi connectivity index (χ1v) is 4.36. The van der Waals surface area contributed by atoms with Crippen LogP contribution in [0, 0.1) is 11.3 Å². The minimum atomic E-state index is 0.217. The zero-order chi connectivity index (χ0) is 9.52. The third kappa shape index (κ3) is 3.22. The zero-order valence-corrected chi connectivity index (χ0v) is 7.70. The van der Waals surface area contributed by atoms with E-state index in [0.29, 0.717) is 13.0 Å². The van der Waals surface area contributed by atoms with Gasteiger partial charge in [-0.05, 0) is 19.1 Å². The van der Waals surface area contributed by atoms with Crippen molar-refractivity contribution in [1.29, 1.82) is 5.26 Å². The third-order valence-electron chi connectivity index (χ3n) is 1.82. The second kappa shape index (κ2) is 5.28. The second-order valence-corrected chi connectivity index (χ2v) is 2.84. The lowest BCUT2D eigenvalue weighted by molar-refractivity contribution is 0.570. The van der Waals surface area contributed by atoms with Crippen molar-refractivity contribution in [1.82, 2.24) is 10.3 Å². The summed E-state index contributed by atoms with van der Waals surface area (Å²) < 4.78 is 0. The molecule has 13 heavy (non-hydrogen) atoms. The topological polar surface area (TPSA) is 48.7 Å². The Morgan fingerprint density at radius 2 is 2.46 bits per heavy atom. The molecule has 0 aliphatic carbocycles. The van der Waals surface area contributed by atoms with Crippen molar-refractivity contribution in [2.24, 2.45) is 0 Å². The summed E-state index contributed by atoms with van der Waals surface area (Å²) in [5, 5.41) is 11.6. The highest BCUT2D eigenvalue weighted by molar-refractivity contribution is 5.07. The molecule has 0 aromatic carbocycles. The molecule has 1 atom stereocenters. The molecule has 1 heterocycles. The van der Waals surface area contributed by atoms with Gasteiger partial charge in [-0.15, -0.1) is 0 Å². The average molecular weight is 175 g/mol. The van der Waals surface area contributed by atoms with Crippen LogP contribution in [-0.4, -0.2) is 11.5 Å². The van der Waals surface area contributed by atoms with Gasteiger partial charge in [-0.25, -0.2) is 0 Å². The van der Waals surface area contributed by atoms with Crippen LogP contribution in [-0.2, 0) is 0 Å². The fraction of sp³-hybridized carbons (Fsp3) is 0.400. The predicted molar refractivity (Wildman–Crippen MR) is 50.9 cm³/mol. The van der Waals surface area contributed by atoms with E-state index in [1.165, 1.54) is 0 Å². The number of rotatable bonds is 4. The Labute approximate surface area is 78.4 Å². The van der Waals surface area contributed by atoms with Gasteiger partial charge in [0.15, 0.2) is 0 Å². The number of pyridine rings is 1. The molecule has 3 nitrogen and oxygen atoms in total. The first kappa shape index (κ1) is 9.69. The Hall–Kier alpha value is -1.40. The quantitative estimate of drug-likeness (QED) is 0.708. The fourth-order valence-electron chi connectivity index (χ4n) is 1.08. The summed E-state index contributed by atoms with van der Waals surface area (Å²) in [7, 11) is 0. The largest absolute Gasteiger partial charge is 0.308 e. The number of nitrogens with zero attached hydrogens (tertiary/aromatic N) is 2. The molecule has 0 saturated carbocycles. The van der Waals surface area contributed by atoms with Crippen LogP contribution in [0.5, 0.6) is 0 Å². The second-order valence-electron chi connectivity index (χ2n) is 2.84. The van der Waals surface area contributed by atoms with E-state index in [4.69, 9.17) is 5.26 Å². The fourth-order valence-corrected chi connectivity index (χ4v) is 1.08. The maximum Gasteiger partial charge on any atom is 0.0635 e. The summed E-state index contributed by atoms with van der Waals surface area (Å²) in [5.74, 6) is 0. The molecule has 1 aromatic rings. The lowest BCUT2D eigenvalue weighted by Gasteiger charge is -2.11. The lowest BCUT2D eigenvalue weighted by atomic mass is 10.2. The minimum Gasteiger partial charge on any atom is -0.308 e. The molecule has 0 spiro atoms. The highest BCUT2D eigenvalue weighted by Crippen LogP contribution is 2.06. The molecule has 0 bridgehead atoms. The Morgan fingerprint density at radius 3 is 3.08 bits per heavy atom. The molecule has 68 valence electrons. The van der Waals surface area contributed by atoms with Crippen molar-refractivity contribution in [3.8, 4) is 6.07 Å². The molecule has 0 fully saturated rings. The summed E-state index contributed by atoms with van der Waals surface area (Å²) >= 11 is 0. The standard InChI is InChI=1S/C10H13N3/c1-9(12-8-4-6-11)10-5-2-3-7-13-10/h2-3,5,7,9,12H,4,8H2,1H3/t9-/m0/s1. The Balaban J connectivity index is 2.41. The summed E-state index contributed by atoms with van der Waals surface area (Å²) in [4.78, 5) is 4.21. The highest BCUT2D eigenvalue weighted by atomic mass is 14.9. The van der Waals surface area contributed by atoms with Crippen LogP contribution < -0.4 is 5.32 Å².